The van der Waals surface area contributed by atoms with E-state index in [1.54, 1.807) is 11.3 Å². The summed E-state index contributed by atoms with van der Waals surface area (Å²) in [6, 6.07) is 1.87. The zero-order valence-corrected chi connectivity index (χ0v) is 10.4. The molecule has 84 valence electrons. The van der Waals surface area contributed by atoms with Crippen LogP contribution in [0.4, 0.5) is 0 Å². The molecule has 0 spiro atoms. The Bertz CT molecular complexity index is 304. The molecular weight excluding hydrogens is 228 g/mol. The number of hydrogen-bond acceptors (Lipinski definition) is 2. The van der Waals surface area contributed by atoms with Crippen molar-refractivity contribution in [2.75, 3.05) is 0 Å². The highest BCUT2D eigenvalue weighted by molar-refractivity contribution is 7.10. The van der Waals surface area contributed by atoms with Crippen LogP contribution >= 0.6 is 22.9 Å². The SMILES string of the molecule is OC(CC1CCCCC1)c1sccc1Cl. The molecule has 0 radical (unpaired) electrons. The van der Waals surface area contributed by atoms with E-state index in [0.717, 1.165) is 16.3 Å². The first-order valence-electron chi connectivity index (χ1n) is 5.68. The smallest absolute Gasteiger partial charge is 0.0899 e. The van der Waals surface area contributed by atoms with Crippen LogP contribution in [0.3, 0.4) is 0 Å². The minimum absolute atomic E-state index is 0.347. The van der Waals surface area contributed by atoms with Crippen molar-refractivity contribution in [3.63, 3.8) is 0 Å². The van der Waals surface area contributed by atoms with E-state index in [1.807, 2.05) is 11.4 Å². The topological polar surface area (TPSA) is 20.2 Å². The monoisotopic (exact) mass is 244 g/mol. The molecule has 1 aromatic heterocycles. The second-order valence-corrected chi connectivity index (χ2v) is 5.74. The maximum Gasteiger partial charge on any atom is 0.0899 e. The molecule has 0 aromatic carbocycles. The number of hydrogen-bond donors (Lipinski definition) is 1. The van der Waals surface area contributed by atoms with Gasteiger partial charge in [-0.2, -0.15) is 0 Å². The molecule has 0 aliphatic heterocycles. The van der Waals surface area contributed by atoms with Crippen LogP contribution in [0.1, 0.15) is 49.5 Å². The molecule has 1 saturated carbocycles. The molecule has 1 aromatic rings. The lowest BCUT2D eigenvalue weighted by atomic mass is 9.85. The number of rotatable bonds is 3. The molecule has 1 unspecified atom stereocenters. The molecule has 1 nitrogen and oxygen atoms in total. The van der Waals surface area contributed by atoms with Crippen molar-refractivity contribution in [3.05, 3.63) is 21.3 Å². The fourth-order valence-corrected chi connectivity index (χ4v) is 3.57. The van der Waals surface area contributed by atoms with Gasteiger partial charge in [-0.1, -0.05) is 43.7 Å². The minimum atomic E-state index is -0.347. The molecule has 0 saturated heterocycles. The number of halogens is 1. The summed E-state index contributed by atoms with van der Waals surface area (Å²) in [5, 5.41) is 12.7. The Balaban J connectivity index is 1.91. The van der Waals surface area contributed by atoms with Gasteiger partial charge in [0.2, 0.25) is 0 Å². The Morgan fingerprint density at radius 2 is 2.13 bits per heavy atom. The third kappa shape index (κ3) is 2.96. The standard InChI is InChI=1S/C12H17ClOS/c13-10-6-7-15-12(10)11(14)8-9-4-2-1-3-5-9/h6-7,9,11,14H,1-5,8H2. The molecule has 1 aliphatic rings. The minimum Gasteiger partial charge on any atom is -0.388 e. The van der Waals surface area contributed by atoms with Crippen LogP contribution in [0.25, 0.3) is 0 Å². The highest BCUT2D eigenvalue weighted by Gasteiger charge is 2.20. The van der Waals surface area contributed by atoms with E-state index in [-0.39, 0.29) is 6.10 Å². The summed E-state index contributed by atoms with van der Waals surface area (Å²) in [6.45, 7) is 0. The van der Waals surface area contributed by atoms with Crippen LogP contribution in [-0.2, 0) is 0 Å². The van der Waals surface area contributed by atoms with Gasteiger partial charge in [-0.25, -0.2) is 0 Å². The van der Waals surface area contributed by atoms with Gasteiger partial charge in [0.05, 0.1) is 16.0 Å². The van der Waals surface area contributed by atoms with E-state index in [1.165, 1.54) is 32.1 Å². The van der Waals surface area contributed by atoms with Crippen LogP contribution in [0.5, 0.6) is 0 Å². The normalized spacial score (nSPS) is 20.4. The summed E-state index contributed by atoms with van der Waals surface area (Å²) >= 11 is 7.57. The summed E-state index contributed by atoms with van der Waals surface area (Å²) in [5.74, 6) is 0.701. The van der Waals surface area contributed by atoms with Crippen LogP contribution in [0.2, 0.25) is 5.02 Å². The molecule has 0 amide bonds. The van der Waals surface area contributed by atoms with Crippen molar-refractivity contribution in [3.8, 4) is 0 Å². The molecule has 1 N–H and O–H groups in total. The van der Waals surface area contributed by atoms with E-state index < -0.39 is 0 Å². The lowest BCUT2D eigenvalue weighted by Crippen LogP contribution is -2.10. The van der Waals surface area contributed by atoms with E-state index in [4.69, 9.17) is 11.6 Å². The van der Waals surface area contributed by atoms with Crippen LogP contribution in [0, 0.1) is 5.92 Å². The van der Waals surface area contributed by atoms with Gasteiger partial charge in [-0.3, -0.25) is 0 Å². The van der Waals surface area contributed by atoms with Gasteiger partial charge in [0.1, 0.15) is 0 Å². The second kappa shape index (κ2) is 5.33. The molecule has 1 heterocycles. The predicted molar refractivity (Wildman–Crippen MR) is 65.5 cm³/mol. The number of aliphatic hydroxyl groups excluding tert-OH is 1. The average Bonchev–Trinajstić information content (AvgIpc) is 2.66. The van der Waals surface area contributed by atoms with Gasteiger partial charge in [-0.15, -0.1) is 11.3 Å². The third-order valence-corrected chi connectivity index (χ3v) is 4.69. The van der Waals surface area contributed by atoms with Crippen molar-refractivity contribution in [2.24, 2.45) is 5.92 Å². The Kier molecular flexibility index (Phi) is 4.06. The quantitative estimate of drug-likeness (QED) is 0.835. The van der Waals surface area contributed by atoms with Gasteiger partial charge in [0.25, 0.3) is 0 Å². The van der Waals surface area contributed by atoms with Crippen molar-refractivity contribution in [1.29, 1.82) is 0 Å². The predicted octanol–water partition coefficient (Wildman–Crippen LogP) is 4.41. The van der Waals surface area contributed by atoms with Crippen LogP contribution in [0.15, 0.2) is 11.4 Å². The summed E-state index contributed by atoms with van der Waals surface area (Å²) in [4.78, 5) is 0.947. The molecular formula is C12H17ClOS. The molecule has 1 atom stereocenters. The Hall–Kier alpha value is -0.0500. The Labute approximate surface area is 100 Å². The molecule has 1 aliphatic carbocycles. The fraction of sp³-hybridized carbons (Fsp3) is 0.667. The molecule has 2 rings (SSSR count). The fourth-order valence-electron chi connectivity index (χ4n) is 2.39. The van der Waals surface area contributed by atoms with Crippen molar-refractivity contribution < 1.29 is 5.11 Å². The molecule has 1 fully saturated rings. The number of thiophene rings is 1. The van der Waals surface area contributed by atoms with Gasteiger partial charge in [-0.05, 0) is 23.8 Å². The molecule has 0 bridgehead atoms. The summed E-state index contributed by atoms with van der Waals surface area (Å²) in [7, 11) is 0. The summed E-state index contributed by atoms with van der Waals surface area (Å²) in [6.07, 6.45) is 7.12. The summed E-state index contributed by atoms with van der Waals surface area (Å²) in [5.41, 5.74) is 0. The van der Waals surface area contributed by atoms with E-state index >= 15 is 0 Å². The zero-order chi connectivity index (χ0) is 10.7. The van der Waals surface area contributed by atoms with Crippen LogP contribution in [-0.4, -0.2) is 5.11 Å². The van der Waals surface area contributed by atoms with Gasteiger partial charge < -0.3 is 5.11 Å². The van der Waals surface area contributed by atoms with Crippen molar-refractivity contribution in [2.45, 2.75) is 44.6 Å². The largest absolute Gasteiger partial charge is 0.388 e. The Morgan fingerprint density at radius 1 is 1.40 bits per heavy atom. The molecule has 15 heavy (non-hydrogen) atoms. The van der Waals surface area contributed by atoms with Gasteiger partial charge in [0, 0.05) is 0 Å². The first-order valence-corrected chi connectivity index (χ1v) is 6.94. The van der Waals surface area contributed by atoms with Crippen molar-refractivity contribution >= 4 is 22.9 Å². The lowest BCUT2D eigenvalue weighted by molar-refractivity contribution is 0.134. The number of aliphatic hydroxyl groups is 1. The van der Waals surface area contributed by atoms with Crippen LogP contribution < -0.4 is 0 Å². The summed E-state index contributed by atoms with van der Waals surface area (Å²) < 4.78 is 0. The van der Waals surface area contributed by atoms with E-state index in [9.17, 15) is 5.11 Å². The van der Waals surface area contributed by atoms with E-state index in [0.29, 0.717) is 5.92 Å². The molecule has 3 heteroatoms. The Morgan fingerprint density at radius 3 is 2.73 bits per heavy atom. The second-order valence-electron chi connectivity index (χ2n) is 4.39. The van der Waals surface area contributed by atoms with Crippen molar-refractivity contribution in [1.82, 2.24) is 0 Å². The average molecular weight is 245 g/mol. The third-order valence-electron chi connectivity index (χ3n) is 3.23. The van der Waals surface area contributed by atoms with Gasteiger partial charge >= 0.3 is 0 Å². The van der Waals surface area contributed by atoms with E-state index in [2.05, 4.69) is 0 Å². The van der Waals surface area contributed by atoms with Gasteiger partial charge in [0.15, 0.2) is 0 Å². The lowest BCUT2D eigenvalue weighted by Gasteiger charge is -2.23. The highest BCUT2D eigenvalue weighted by Crippen LogP contribution is 2.36. The maximum atomic E-state index is 10.1. The maximum absolute atomic E-state index is 10.1. The highest BCUT2D eigenvalue weighted by atomic mass is 35.5. The first kappa shape index (κ1) is 11.4. The zero-order valence-electron chi connectivity index (χ0n) is 8.79. The first-order chi connectivity index (χ1) is 7.27.